The van der Waals surface area contributed by atoms with Gasteiger partial charge in [-0.2, -0.15) is 0 Å². The van der Waals surface area contributed by atoms with Crippen LogP contribution in [0.3, 0.4) is 0 Å². The van der Waals surface area contributed by atoms with Gasteiger partial charge in [0.05, 0.1) is 17.2 Å². The van der Waals surface area contributed by atoms with E-state index in [1.807, 2.05) is 24.3 Å². The summed E-state index contributed by atoms with van der Waals surface area (Å²) in [5.74, 6) is -0.0901. The fourth-order valence-electron chi connectivity index (χ4n) is 2.97. The second-order valence-electron chi connectivity index (χ2n) is 5.84. The molecule has 0 saturated carbocycles. The molecular weight excluding hydrogens is 322 g/mol. The van der Waals surface area contributed by atoms with Gasteiger partial charge in [0.2, 0.25) is 5.91 Å². The van der Waals surface area contributed by atoms with Crippen molar-refractivity contribution >= 4 is 23.0 Å². The monoisotopic (exact) mass is 341 g/mol. The van der Waals surface area contributed by atoms with Gasteiger partial charge in [0.25, 0.3) is 5.69 Å². The Morgan fingerprint density at radius 3 is 2.84 bits per heavy atom. The van der Waals surface area contributed by atoms with Gasteiger partial charge in [0, 0.05) is 37.0 Å². The van der Waals surface area contributed by atoms with Crippen LogP contribution in [-0.4, -0.2) is 30.5 Å². The van der Waals surface area contributed by atoms with E-state index in [4.69, 9.17) is 4.74 Å². The van der Waals surface area contributed by atoms with Crippen LogP contribution in [0, 0.1) is 10.1 Å². The van der Waals surface area contributed by atoms with Gasteiger partial charge in [0.15, 0.2) is 0 Å². The Bertz CT molecular complexity index is 793. The Balaban J connectivity index is 1.76. The van der Waals surface area contributed by atoms with Crippen LogP contribution >= 0.6 is 0 Å². The third-order valence-corrected chi connectivity index (χ3v) is 4.20. The number of anilines is 2. The normalized spacial score (nSPS) is 16.9. The number of rotatable bonds is 6. The highest BCUT2D eigenvalue weighted by atomic mass is 16.6. The summed E-state index contributed by atoms with van der Waals surface area (Å²) in [6.07, 6.45) is 0.628. The van der Waals surface area contributed by atoms with E-state index in [9.17, 15) is 14.9 Å². The minimum Gasteiger partial charge on any atom is -0.380 e. The molecule has 0 aliphatic carbocycles. The topological polar surface area (TPSA) is 84.7 Å². The number of methoxy groups -OCH3 is 1. The minimum atomic E-state index is -0.458. The van der Waals surface area contributed by atoms with Crippen LogP contribution in [0.4, 0.5) is 17.1 Å². The molecule has 1 aliphatic rings. The minimum absolute atomic E-state index is 0.0212. The summed E-state index contributed by atoms with van der Waals surface area (Å²) in [6.45, 7) is 0.975. The van der Waals surface area contributed by atoms with E-state index >= 15 is 0 Å². The summed E-state index contributed by atoms with van der Waals surface area (Å²) in [5.41, 5.74) is 2.37. The van der Waals surface area contributed by atoms with E-state index in [2.05, 4.69) is 5.32 Å². The van der Waals surface area contributed by atoms with Crippen molar-refractivity contribution in [3.8, 4) is 0 Å². The van der Waals surface area contributed by atoms with E-state index in [0.717, 1.165) is 11.3 Å². The molecule has 1 N–H and O–H groups in total. The molecule has 3 rings (SSSR count). The third-order valence-electron chi connectivity index (χ3n) is 4.20. The van der Waals surface area contributed by atoms with Crippen molar-refractivity contribution in [1.29, 1.82) is 0 Å². The number of para-hydroxylation sites is 1. The lowest BCUT2D eigenvalue weighted by Gasteiger charge is -2.19. The summed E-state index contributed by atoms with van der Waals surface area (Å²) < 4.78 is 5.19. The van der Waals surface area contributed by atoms with Crippen molar-refractivity contribution in [3.05, 3.63) is 64.2 Å². The average Bonchev–Trinajstić information content (AvgIpc) is 2.98. The molecule has 7 heteroatoms. The maximum Gasteiger partial charge on any atom is 0.271 e. The second kappa shape index (κ2) is 7.31. The van der Waals surface area contributed by atoms with Gasteiger partial charge >= 0.3 is 0 Å². The SMILES string of the molecule is COCc1ccccc1N[C@@H]1CCN(c2cccc([N+](=O)[O-])c2)C1=O. The summed E-state index contributed by atoms with van der Waals surface area (Å²) in [7, 11) is 1.63. The van der Waals surface area contributed by atoms with Crippen molar-refractivity contribution in [2.24, 2.45) is 0 Å². The number of carbonyl (C=O) groups is 1. The van der Waals surface area contributed by atoms with Crippen LogP contribution in [0.5, 0.6) is 0 Å². The van der Waals surface area contributed by atoms with Crippen LogP contribution in [-0.2, 0) is 16.1 Å². The number of nitro groups is 1. The van der Waals surface area contributed by atoms with Gasteiger partial charge < -0.3 is 15.0 Å². The first-order valence-electron chi connectivity index (χ1n) is 7.99. The highest BCUT2D eigenvalue weighted by Crippen LogP contribution is 2.27. The maximum absolute atomic E-state index is 12.7. The first kappa shape index (κ1) is 16.9. The van der Waals surface area contributed by atoms with Crippen LogP contribution in [0.15, 0.2) is 48.5 Å². The van der Waals surface area contributed by atoms with Gasteiger partial charge in [-0.3, -0.25) is 14.9 Å². The molecule has 130 valence electrons. The molecule has 0 unspecified atom stereocenters. The number of amides is 1. The van der Waals surface area contributed by atoms with E-state index in [0.29, 0.717) is 25.3 Å². The summed E-state index contributed by atoms with van der Waals surface area (Å²) in [4.78, 5) is 24.8. The molecule has 1 saturated heterocycles. The number of benzene rings is 2. The number of nitrogens with one attached hydrogen (secondary N) is 1. The van der Waals surface area contributed by atoms with E-state index in [-0.39, 0.29) is 17.6 Å². The Morgan fingerprint density at radius 1 is 1.28 bits per heavy atom. The zero-order valence-electron chi connectivity index (χ0n) is 13.8. The number of nitro benzene ring substituents is 1. The van der Waals surface area contributed by atoms with Crippen molar-refractivity contribution in [1.82, 2.24) is 0 Å². The molecule has 1 fully saturated rings. The lowest BCUT2D eigenvalue weighted by Crippen LogP contribution is -2.33. The molecular formula is C18H19N3O4. The van der Waals surface area contributed by atoms with Gasteiger partial charge in [-0.15, -0.1) is 0 Å². The Hall–Kier alpha value is -2.93. The molecule has 2 aromatic carbocycles. The van der Waals surface area contributed by atoms with Gasteiger partial charge in [0.1, 0.15) is 6.04 Å². The molecule has 2 aromatic rings. The van der Waals surface area contributed by atoms with Crippen LogP contribution in [0.25, 0.3) is 0 Å². The molecule has 1 amide bonds. The smallest absolute Gasteiger partial charge is 0.271 e. The summed E-state index contributed by atoms with van der Waals surface area (Å²) in [6, 6.07) is 13.5. The number of carbonyl (C=O) groups excluding carboxylic acids is 1. The van der Waals surface area contributed by atoms with Crippen LogP contribution in [0.1, 0.15) is 12.0 Å². The van der Waals surface area contributed by atoms with Gasteiger partial charge in [-0.25, -0.2) is 0 Å². The van der Waals surface area contributed by atoms with E-state index < -0.39 is 4.92 Å². The summed E-state index contributed by atoms with van der Waals surface area (Å²) >= 11 is 0. The number of hydrogen-bond donors (Lipinski definition) is 1. The largest absolute Gasteiger partial charge is 0.380 e. The highest BCUT2D eigenvalue weighted by molar-refractivity contribution is 6.01. The molecule has 25 heavy (non-hydrogen) atoms. The van der Waals surface area contributed by atoms with Crippen LogP contribution in [0.2, 0.25) is 0 Å². The predicted octanol–water partition coefficient (Wildman–Crippen LogP) is 2.96. The standard InChI is InChI=1S/C18H19N3O4/c1-25-12-13-5-2-3-8-16(13)19-17-9-10-20(18(17)22)14-6-4-7-15(11-14)21(23)24/h2-8,11,17,19H,9-10,12H2,1H3/t17-/m1/s1. The highest BCUT2D eigenvalue weighted by Gasteiger charge is 2.33. The molecule has 0 bridgehead atoms. The van der Waals surface area contributed by atoms with Crippen molar-refractivity contribution < 1.29 is 14.5 Å². The van der Waals surface area contributed by atoms with Crippen LogP contribution < -0.4 is 10.2 Å². The first-order chi connectivity index (χ1) is 12.1. The number of non-ortho nitro benzene ring substituents is 1. The lowest BCUT2D eigenvalue weighted by molar-refractivity contribution is -0.384. The number of nitrogens with zero attached hydrogens (tertiary/aromatic N) is 2. The van der Waals surface area contributed by atoms with E-state index in [1.165, 1.54) is 12.1 Å². The first-order valence-corrected chi connectivity index (χ1v) is 7.99. The zero-order chi connectivity index (χ0) is 17.8. The van der Waals surface area contributed by atoms with Crippen molar-refractivity contribution in [3.63, 3.8) is 0 Å². The Morgan fingerprint density at radius 2 is 2.08 bits per heavy atom. The zero-order valence-corrected chi connectivity index (χ0v) is 13.8. The van der Waals surface area contributed by atoms with Crippen molar-refractivity contribution in [2.45, 2.75) is 19.1 Å². The lowest BCUT2D eigenvalue weighted by atomic mass is 10.1. The fourth-order valence-corrected chi connectivity index (χ4v) is 2.97. The molecule has 1 aliphatic heterocycles. The molecule has 0 spiro atoms. The molecule has 0 aromatic heterocycles. The predicted molar refractivity (Wildman–Crippen MR) is 94.6 cm³/mol. The van der Waals surface area contributed by atoms with Crippen molar-refractivity contribution in [2.75, 3.05) is 23.9 Å². The quantitative estimate of drug-likeness (QED) is 0.645. The third kappa shape index (κ3) is 3.61. The Kier molecular flexibility index (Phi) is 4.95. The van der Waals surface area contributed by atoms with Gasteiger partial charge in [-0.05, 0) is 18.6 Å². The van der Waals surface area contributed by atoms with Gasteiger partial charge in [-0.1, -0.05) is 24.3 Å². The molecule has 1 atom stereocenters. The Labute approximate surface area is 145 Å². The molecule has 7 nitrogen and oxygen atoms in total. The second-order valence-corrected chi connectivity index (χ2v) is 5.84. The molecule has 1 heterocycles. The number of hydrogen-bond acceptors (Lipinski definition) is 5. The summed E-state index contributed by atoms with van der Waals surface area (Å²) in [5, 5.41) is 14.2. The number of ether oxygens (including phenoxy) is 1. The molecule has 0 radical (unpaired) electrons. The maximum atomic E-state index is 12.7. The average molecular weight is 341 g/mol. The fraction of sp³-hybridized carbons (Fsp3) is 0.278. The van der Waals surface area contributed by atoms with E-state index in [1.54, 1.807) is 24.1 Å².